The summed E-state index contributed by atoms with van der Waals surface area (Å²) in [6.07, 6.45) is 1.49. The molecule has 0 bridgehead atoms. The Bertz CT molecular complexity index is 813. The Morgan fingerprint density at radius 1 is 0.962 bits per heavy atom. The number of nitrogens with one attached hydrogen (secondary N) is 2. The summed E-state index contributed by atoms with van der Waals surface area (Å²) in [7, 11) is 0. The number of carbonyl (C=O) groups excluding carboxylic acids is 2. The second-order valence-corrected chi connectivity index (χ2v) is 5.89. The molecule has 26 heavy (non-hydrogen) atoms. The lowest BCUT2D eigenvalue weighted by Gasteiger charge is -2.13. The standard InChI is InChI=1S/C20H22N2O4/c1-3-13(4-2)18(23)21-15-9-7-8-14(12-15)19(24)22-17-11-6-5-10-16(17)20(25)26/h5-13H,3-4H2,1-2H3,(H,21,23)(H,22,24)(H,25,26). The smallest absolute Gasteiger partial charge is 0.337 e. The van der Waals surface area contributed by atoms with Crippen LogP contribution in [0, 0.1) is 5.92 Å². The Morgan fingerprint density at radius 2 is 1.65 bits per heavy atom. The molecule has 6 heteroatoms. The maximum Gasteiger partial charge on any atom is 0.337 e. The maximum atomic E-state index is 12.5. The average Bonchev–Trinajstić information content (AvgIpc) is 2.63. The van der Waals surface area contributed by atoms with E-state index in [4.69, 9.17) is 0 Å². The molecule has 0 saturated carbocycles. The van der Waals surface area contributed by atoms with Crippen molar-refractivity contribution in [2.24, 2.45) is 5.92 Å². The molecule has 136 valence electrons. The van der Waals surface area contributed by atoms with Crippen LogP contribution < -0.4 is 10.6 Å². The van der Waals surface area contributed by atoms with Gasteiger partial charge in [-0.15, -0.1) is 0 Å². The van der Waals surface area contributed by atoms with Gasteiger partial charge in [-0.25, -0.2) is 4.79 Å². The number of hydrogen-bond acceptors (Lipinski definition) is 3. The van der Waals surface area contributed by atoms with Crippen molar-refractivity contribution in [3.8, 4) is 0 Å². The molecule has 0 aliphatic carbocycles. The molecule has 0 fully saturated rings. The molecule has 0 heterocycles. The van der Waals surface area contributed by atoms with Crippen LogP contribution in [0.4, 0.5) is 11.4 Å². The Labute approximate surface area is 152 Å². The third-order valence-corrected chi connectivity index (χ3v) is 4.15. The first-order valence-electron chi connectivity index (χ1n) is 8.50. The molecule has 0 radical (unpaired) electrons. The first-order chi connectivity index (χ1) is 12.5. The molecule has 0 atom stereocenters. The van der Waals surface area contributed by atoms with Crippen molar-refractivity contribution >= 4 is 29.2 Å². The van der Waals surface area contributed by atoms with Gasteiger partial charge in [0, 0.05) is 17.2 Å². The number of aromatic carboxylic acids is 1. The Hall–Kier alpha value is -3.15. The number of para-hydroxylation sites is 1. The predicted octanol–water partition coefficient (Wildman–Crippen LogP) is 4.01. The van der Waals surface area contributed by atoms with Gasteiger partial charge >= 0.3 is 5.97 Å². The van der Waals surface area contributed by atoms with E-state index < -0.39 is 11.9 Å². The lowest BCUT2D eigenvalue weighted by atomic mass is 10.0. The minimum Gasteiger partial charge on any atom is -0.478 e. The molecule has 2 aromatic carbocycles. The van der Waals surface area contributed by atoms with Gasteiger partial charge in [0.25, 0.3) is 5.91 Å². The summed E-state index contributed by atoms with van der Waals surface area (Å²) < 4.78 is 0. The van der Waals surface area contributed by atoms with Crippen molar-refractivity contribution in [2.75, 3.05) is 10.6 Å². The third-order valence-electron chi connectivity index (χ3n) is 4.15. The summed E-state index contributed by atoms with van der Waals surface area (Å²) in [6.45, 7) is 3.91. The quantitative estimate of drug-likeness (QED) is 0.700. The molecule has 0 aromatic heterocycles. The minimum atomic E-state index is -1.12. The van der Waals surface area contributed by atoms with Crippen LogP contribution in [0.5, 0.6) is 0 Å². The molecule has 3 N–H and O–H groups in total. The number of anilines is 2. The van der Waals surface area contributed by atoms with Gasteiger partial charge in [0.2, 0.25) is 5.91 Å². The largest absolute Gasteiger partial charge is 0.478 e. The SMILES string of the molecule is CCC(CC)C(=O)Nc1cccc(C(=O)Nc2ccccc2C(=O)O)c1. The second kappa shape index (κ2) is 8.80. The van der Waals surface area contributed by atoms with Crippen molar-refractivity contribution in [3.63, 3.8) is 0 Å². The first-order valence-corrected chi connectivity index (χ1v) is 8.50. The van der Waals surface area contributed by atoms with Gasteiger partial charge in [-0.3, -0.25) is 9.59 Å². The topological polar surface area (TPSA) is 95.5 Å². The summed E-state index contributed by atoms with van der Waals surface area (Å²) in [5, 5.41) is 14.6. The molecule has 0 saturated heterocycles. The van der Waals surface area contributed by atoms with Crippen LogP contribution in [0.1, 0.15) is 47.4 Å². The highest BCUT2D eigenvalue weighted by Gasteiger charge is 2.16. The van der Waals surface area contributed by atoms with Gasteiger partial charge in [0.05, 0.1) is 11.3 Å². The van der Waals surface area contributed by atoms with Crippen LogP contribution in [0.25, 0.3) is 0 Å². The van der Waals surface area contributed by atoms with Crippen molar-refractivity contribution in [2.45, 2.75) is 26.7 Å². The van der Waals surface area contributed by atoms with Crippen molar-refractivity contribution in [1.29, 1.82) is 0 Å². The average molecular weight is 354 g/mol. The van der Waals surface area contributed by atoms with Crippen LogP contribution in [0.2, 0.25) is 0 Å². The van der Waals surface area contributed by atoms with E-state index in [0.717, 1.165) is 12.8 Å². The number of amides is 2. The lowest BCUT2D eigenvalue weighted by molar-refractivity contribution is -0.120. The predicted molar refractivity (Wildman–Crippen MR) is 100 cm³/mol. The molecule has 2 aromatic rings. The Kier molecular flexibility index (Phi) is 6.49. The van der Waals surface area contributed by atoms with Crippen LogP contribution >= 0.6 is 0 Å². The molecule has 0 aliphatic rings. The normalized spacial score (nSPS) is 10.4. The minimum absolute atomic E-state index is 0.0130. The van der Waals surface area contributed by atoms with E-state index >= 15 is 0 Å². The zero-order valence-electron chi connectivity index (χ0n) is 14.8. The molecule has 2 rings (SSSR count). The van der Waals surface area contributed by atoms with Gasteiger partial charge in [-0.05, 0) is 43.2 Å². The fraction of sp³-hybridized carbons (Fsp3) is 0.250. The fourth-order valence-electron chi connectivity index (χ4n) is 2.62. The van der Waals surface area contributed by atoms with E-state index in [2.05, 4.69) is 10.6 Å². The highest BCUT2D eigenvalue weighted by atomic mass is 16.4. The summed E-state index contributed by atoms with van der Waals surface area (Å²) in [6, 6.07) is 12.7. The molecule has 0 spiro atoms. The van der Waals surface area contributed by atoms with E-state index in [-0.39, 0.29) is 23.1 Å². The molecule has 0 aliphatic heterocycles. The second-order valence-electron chi connectivity index (χ2n) is 5.89. The number of carboxylic acids is 1. The highest BCUT2D eigenvalue weighted by Crippen LogP contribution is 2.18. The number of benzene rings is 2. The molecular formula is C20H22N2O4. The van der Waals surface area contributed by atoms with Crippen LogP contribution in [-0.2, 0) is 4.79 Å². The molecule has 2 amide bonds. The number of rotatable bonds is 7. The summed E-state index contributed by atoms with van der Waals surface area (Å²) in [4.78, 5) is 35.9. The van der Waals surface area contributed by atoms with Crippen molar-refractivity contribution in [1.82, 2.24) is 0 Å². The maximum absolute atomic E-state index is 12.5. The highest BCUT2D eigenvalue weighted by molar-refractivity contribution is 6.08. The summed E-state index contributed by atoms with van der Waals surface area (Å²) >= 11 is 0. The van der Waals surface area contributed by atoms with Crippen molar-refractivity contribution < 1.29 is 19.5 Å². The zero-order chi connectivity index (χ0) is 19.1. The van der Waals surface area contributed by atoms with E-state index in [1.807, 2.05) is 13.8 Å². The van der Waals surface area contributed by atoms with Gasteiger partial charge in [-0.2, -0.15) is 0 Å². The van der Waals surface area contributed by atoms with E-state index in [0.29, 0.717) is 11.3 Å². The van der Waals surface area contributed by atoms with E-state index in [1.165, 1.54) is 12.1 Å². The Morgan fingerprint density at radius 3 is 2.31 bits per heavy atom. The van der Waals surface area contributed by atoms with Crippen LogP contribution in [0.15, 0.2) is 48.5 Å². The Balaban J connectivity index is 2.16. The summed E-state index contributed by atoms with van der Waals surface area (Å²) in [5.41, 5.74) is 1.09. The molecule has 0 unspecified atom stereocenters. The van der Waals surface area contributed by atoms with Crippen LogP contribution in [-0.4, -0.2) is 22.9 Å². The summed E-state index contributed by atoms with van der Waals surface area (Å²) in [5.74, 6) is -1.72. The number of carbonyl (C=O) groups is 3. The molecular weight excluding hydrogens is 332 g/mol. The van der Waals surface area contributed by atoms with Gasteiger partial charge in [-0.1, -0.05) is 32.0 Å². The number of hydrogen-bond donors (Lipinski definition) is 3. The lowest BCUT2D eigenvalue weighted by Crippen LogP contribution is -2.22. The van der Waals surface area contributed by atoms with Gasteiger partial charge in [0.15, 0.2) is 0 Å². The van der Waals surface area contributed by atoms with E-state index in [9.17, 15) is 19.5 Å². The number of carboxylic acid groups (broad SMARTS) is 1. The van der Waals surface area contributed by atoms with Crippen molar-refractivity contribution in [3.05, 3.63) is 59.7 Å². The van der Waals surface area contributed by atoms with Gasteiger partial charge in [0.1, 0.15) is 0 Å². The monoisotopic (exact) mass is 354 g/mol. The van der Waals surface area contributed by atoms with E-state index in [1.54, 1.807) is 36.4 Å². The first kappa shape index (κ1) is 19.2. The molecule has 6 nitrogen and oxygen atoms in total. The fourth-order valence-corrected chi connectivity index (χ4v) is 2.62. The third kappa shape index (κ3) is 4.69. The zero-order valence-corrected chi connectivity index (χ0v) is 14.8. The van der Waals surface area contributed by atoms with Gasteiger partial charge < -0.3 is 15.7 Å². The van der Waals surface area contributed by atoms with Crippen LogP contribution in [0.3, 0.4) is 0 Å².